The molecule has 0 aliphatic heterocycles. The van der Waals surface area contributed by atoms with Crippen LogP contribution in [0.1, 0.15) is 49.3 Å². The average molecular weight is 262 g/mol. The van der Waals surface area contributed by atoms with Crippen LogP contribution in [0.3, 0.4) is 0 Å². The van der Waals surface area contributed by atoms with E-state index in [0.717, 1.165) is 21.9 Å². The molecule has 18 heavy (non-hydrogen) atoms. The molecule has 0 spiro atoms. The van der Waals surface area contributed by atoms with Gasteiger partial charge in [-0.1, -0.05) is 6.92 Å². The number of hydrogen-bond acceptors (Lipinski definition) is 3. The lowest BCUT2D eigenvalue weighted by molar-refractivity contribution is 0.0985. The molecule has 0 radical (unpaired) electrons. The van der Waals surface area contributed by atoms with Crippen molar-refractivity contribution in [3.8, 4) is 10.6 Å². The van der Waals surface area contributed by atoms with E-state index in [9.17, 15) is 4.79 Å². The van der Waals surface area contributed by atoms with Crippen molar-refractivity contribution < 1.29 is 4.79 Å². The lowest BCUT2D eigenvalue weighted by Crippen LogP contribution is -2.00. The largest absolute Gasteiger partial charge is 0.293 e. The summed E-state index contributed by atoms with van der Waals surface area (Å²) < 4.78 is 1.93. The summed E-state index contributed by atoms with van der Waals surface area (Å²) in [6, 6.07) is 6.26. The van der Waals surface area contributed by atoms with Crippen molar-refractivity contribution in [2.45, 2.75) is 39.7 Å². The van der Waals surface area contributed by atoms with E-state index in [-0.39, 0.29) is 5.78 Å². The molecular formula is C14H18N2OS. The number of ketones is 1. The normalized spacial score (nSPS) is 11.1. The van der Waals surface area contributed by atoms with Gasteiger partial charge in [0, 0.05) is 18.7 Å². The van der Waals surface area contributed by atoms with Crippen LogP contribution in [0.2, 0.25) is 0 Å². The van der Waals surface area contributed by atoms with Gasteiger partial charge in [-0.05, 0) is 38.5 Å². The van der Waals surface area contributed by atoms with Crippen LogP contribution >= 0.6 is 11.3 Å². The first kappa shape index (κ1) is 13.0. The van der Waals surface area contributed by atoms with Crippen molar-refractivity contribution in [3.63, 3.8) is 0 Å². The zero-order chi connectivity index (χ0) is 13.1. The standard InChI is InChI=1S/C14H18N2OS/c1-4-5-12(17)14-7-6-13(18-14)11-8-9-16(15-11)10(2)3/h6-10H,4-5H2,1-3H3. The maximum atomic E-state index is 11.8. The van der Waals surface area contributed by atoms with Crippen LogP contribution in [-0.2, 0) is 0 Å². The predicted octanol–water partition coefficient (Wildman–Crippen LogP) is 4.18. The third-order valence-corrected chi connectivity index (χ3v) is 3.90. The number of aromatic nitrogens is 2. The molecule has 96 valence electrons. The fourth-order valence-corrected chi connectivity index (χ4v) is 2.67. The smallest absolute Gasteiger partial charge is 0.172 e. The summed E-state index contributed by atoms with van der Waals surface area (Å²) in [5, 5.41) is 4.51. The Kier molecular flexibility index (Phi) is 3.97. The number of thiophene rings is 1. The Hall–Kier alpha value is -1.42. The van der Waals surface area contributed by atoms with Crippen LogP contribution in [0.5, 0.6) is 0 Å². The molecule has 3 nitrogen and oxygen atoms in total. The molecular weight excluding hydrogens is 244 g/mol. The molecule has 0 unspecified atom stereocenters. The van der Waals surface area contributed by atoms with Gasteiger partial charge in [0.25, 0.3) is 0 Å². The van der Waals surface area contributed by atoms with E-state index in [1.807, 2.05) is 36.0 Å². The van der Waals surface area contributed by atoms with Crippen LogP contribution in [0.25, 0.3) is 10.6 Å². The molecule has 0 N–H and O–H groups in total. The van der Waals surface area contributed by atoms with Crippen LogP contribution in [0, 0.1) is 0 Å². The highest BCUT2D eigenvalue weighted by Crippen LogP contribution is 2.28. The quantitative estimate of drug-likeness (QED) is 0.758. The molecule has 0 bridgehead atoms. The molecule has 4 heteroatoms. The molecule has 0 saturated heterocycles. The van der Waals surface area contributed by atoms with Crippen molar-refractivity contribution in [1.82, 2.24) is 9.78 Å². The number of carbonyl (C=O) groups is 1. The second-order valence-electron chi connectivity index (χ2n) is 4.61. The van der Waals surface area contributed by atoms with Crippen LogP contribution in [0.4, 0.5) is 0 Å². The van der Waals surface area contributed by atoms with E-state index in [2.05, 4.69) is 18.9 Å². The Labute approximate surface area is 111 Å². The van der Waals surface area contributed by atoms with Gasteiger partial charge < -0.3 is 0 Å². The maximum Gasteiger partial charge on any atom is 0.172 e. The van der Waals surface area contributed by atoms with Gasteiger partial charge in [-0.15, -0.1) is 11.3 Å². The van der Waals surface area contributed by atoms with Crippen molar-refractivity contribution in [2.75, 3.05) is 0 Å². The SMILES string of the molecule is CCCC(=O)c1ccc(-c2ccn(C(C)C)n2)s1. The van der Waals surface area contributed by atoms with Gasteiger partial charge in [0.2, 0.25) is 0 Å². The number of hydrogen-bond donors (Lipinski definition) is 0. The molecule has 0 aliphatic rings. The topological polar surface area (TPSA) is 34.9 Å². The van der Waals surface area contributed by atoms with Crippen molar-refractivity contribution in [3.05, 3.63) is 29.3 Å². The van der Waals surface area contributed by atoms with Crippen molar-refractivity contribution in [1.29, 1.82) is 0 Å². The second kappa shape index (κ2) is 5.48. The zero-order valence-electron chi connectivity index (χ0n) is 11.0. The monoisotopic (exact) mass is 262 g/mol. The fraction of sp³-hybridized carbons (Fsp3) is 0.429. The molecule has 2 aromatic rings. The summed E-state index contributed by atoms with van der Waals surface area (Å²) in [5.41, 5.74) is 0.948. The van der Waals surface area contributed by atoms with Crippen LogP contribution in [-0.4, -0.2) is 15.6 Å². The summed E-state index contributed by atoms with van der Waals surface area (Å²) >= 11 is 1.53. The molecule has 2 rings (SSSR count). The Bertz CT molecular complexity index is 539. The number of Topliss-reactive ketones (excluding diaryl/α,β-unsaturated/α-hetero) is 1. The van der Waals surface area contributed by atoms with Crippen molar-refractivity contribution >= 4 is 17.1 Å². The first-order chi connectivity index (χ1) is 8.61. The minimum absolute atomic E-state index is 0.233. The Morgan fingerprint density at radius 1 is 1.39 bits per heavy atom. The van der Waals surface area contributed by atoms with E-state index in [4.69, 9.17) is 0 Å². The average Bonchev–Trinajstić information content (AvgIpc) is 2.98. The van der Waals surface area contributed by atoms with Crippen LogP contribution in [0.15, 0.2) is 24.4 Å². The second-order valence-corrected chi connectivity index (χ2v) is 5.70. The molecule has 0 saturated carbocycles. The lowest BCUT2D eigenvalue weighted by atomic mass is 10.2. The first-order valence-corrected chi connectivity index (χ1v) is 7.12. The van der Waals surface area contributed by atoms with Gasteiger partial charge in [-0.25, -0.2) is 0 Å². The van der Waals surface area contributed by atoms with Gasteiger partial charge in [-0.3, -0.25) is 9.48 Å². The van der Waals surface area contributed by atoms with Crippen LogP contribution < -0.4 is 0 Å². The third kappa shape index (κ3) is 2.70. The maximum absolute atomic E-state index is 11.8. The molecule has 2 heterocycles. The molecule has 0 fully saturated rings. The minimum atomic E-state index is 0.233. The molecule has 0 atom stereocenters. The Morgan fingerprint density at radius 3 is 2.78 bits per heavy atom. The minimum Gasteiger partial charge on any atom is -0.293 e. The summed E-state index contributed by atoms with van der Waals surface area (Å²) in [6.45, 7) is 6.22. The van der Waals surface area contributed by atoms with E-state index < -0.39 is 0 Å². The number of nitrogens with zero attached hydrogens (tertiary/aromatic N) is 2. The number of rotatable bonds is 5. The molecule has 0 amide bonds. The van der Waals surface area contributed by atoms with Gasteiger partial charge in [0.15, 0.2) is 5.78 Å². The molecule has 0 aliphatic carbocycles. The summed E-state index contributed by atoms with van der Waals surface area (Å²) in [4.78, 5) is 13.7. The number of carbonyl (C=O) groups excluding carboxylic acids is 1. The summed E-state index contributed by atoms with van der Waals surface area (Å²) in [5.74, 6) is 0.233. The zero-order valence-corrected chi connectivity index (χ0v) is 11.8. The predicted molar refractivity (Wildman–Crippen MR) is 75.2 cm³/mol. The van der Waals surface area contributed by atoms with Gasteiger partial charge in [0.05, 0.1) is 9.75 Å². The van der Waals surface area contributed by atoms with Gasteiger partial charge in [-0.2, -0.15) is 5.10 Å². The molecule has 0 aromatic carbocycles. The summed E-state index contributed by atoms with van der Waals surface area (Å²) in [7, 11) is 0. The Morgan fingerprint density at radius 2 is 2.17 bits per heavy atom. The highest BCUT2D eigenvalue weighted by Gasteiger charge is 2.11. The van der Waals surface area contributed by atoms with Gasteiger partial charge in [0.1, 0.15) is 5.69 Å². The molecule has 2 aromatic heterocycles. The van der Waals surface area contributed by atoms with E-state index >= 15 is 0 Å². The fourth-order valence-electron chi connectivity index (χ4n) is 1.73. The van der Waals surface area contributed by atoms with Crippen molar-refractivity contribution in [2.24, 2.45) is 0 Å². The Balaban J connectivity index is 2.21. The lowest BCUT2D eigenvalue weighted by Gasteiger charge is -2.03. The summed E-state index contributed by atoms with van der Waals surface area (Å²) in [6.07, 6.45) is 3.50. The first-order valence-electron chi connectivity index (χ1n) is 6.30. The van der Waals surface area contributed by atoms with E-state index in [1.54, 1.807) is 0 Å². The third-order valence-electron chi connectivity index (χ3n) is 2.75. The van der Waals surface area contributed by atoms with E-state index in [0.29, 0.717) is 12.5 Å². The highest BCUT2D eigenvalue weighted by molar-refractivity contribution is 7.17. The highest BCUT2D eigenvalue weighted by atomic mass is 32.1. The van der Waals surface area contributed by atoms with Gasteiger partial charge >= 0.3 is 0 Å². The van der Waals surface area contributed by atoms with E-state index in [1.165, 1.54) is 11.3 Å².